The molecule has 31 heavy (non-hydrogen) atoms. The maximum Gasteiger partial charge on any atom is 0.341 e. The van der Waals surface area contributed by atoms with Gasteiger partial charge in [-0.15, -0.1) is 23.1 Å². The number of hydrogen-bond donors (Lipinski definition) is 3. The minimum Gasteiger partial charge on any atom is -0.462 e. The Balaban J connectivity index is 1.86. The fraction of sp³-hybridized carbons (Fsp3) is 0.350. The van der Waals surface area contributed by atoms with Crippen LogP contribution in [0.5, 0.6) is 0 Å². The minimum absolute atomic E-state index is 0.148. The Bertz CT molecular complexity index is 969. The molecule has 0 fully saturated rings. The number of amides is 1. The second-order valence-corrected chi connectivity index (χ2v) is 9.30. The van der Waals surface area contributed by atoms with Gasteiger partial charge in [-0.1, -0.05) is 24.6 Å². The molecule has 6 nitrogen and oxygen atoms in total. The molecule has 11 heteroatoms. The molecular formula is C20H23ClFN3O3S3. The van der Waals surface area contributed by atoms with Crippen LogP contribution >= 0.6 is 46.9 Å². The molecular weight excluding hydrogens is 481 g/mol. The van der Waals surface area contributed by atoms with Crippen LogP contribution in [0.25, 0.3) is 0 Å². The van der Waals surface area contributed by atoms with Crippen molar-refractivity contribution < 1.29 is 18.7 Å². The van der Waals surface area contributed by atoms with Gasteiger partial charge in [-0.05, 0) is 55.7 Å². The number of nitrogens with one attached hydrogen (secondary N) is 3. The lowest BCUT2D eigenvalue weighted by atomic mass is 10.1. The van der Waals surface area contributed by atoms with Crippen molar-refractivity contribution >= 4 is 68.9 Å². The smallest absolute Gasteiger partial charge is 0.341 e. The maximum atomic E-state index is 13.1. The number of hydrazine groups is 1. The van der Waals surface area contributed by atoms with Crippen LogP contribution < -0.4 is 16.2 Å². The predicted octanol–water partition coefficient (Wildman–Crippen LogP) is 4.84. The number of thiocarbonyl (C=S) groups is 1. The number of esters is 1. The first-order chi connectivity index (χ1) is 14.8. The molecule has 2 aromatic rings. The van der Waals surface area contributed by atoms with Crippen LogP contribution in [0.15, 0.2) is 18.2 Å². The highest BCUT2D eigenvalue weighted by Crippen LogP contribution is 2.34. The number of halogens is 2. The van der Waals surface area contributed by atoms with Gasteiger partial charge in [0.1, 0.15) is 10.8 Å². The van der Waals surface area contributed by atoms with Gasteiger partial charge in [0.15, 0.2) is 5.11 Å². The zero-order chi connectivity index (χ0) is 23.0. The second kappa shape index (κ2) is 12.2. The molecule has 168 valence electrons. The molecule has 1 heterocycles. The predicted molar refractivity (Wildman–Crippen MR) is 129 cm³/mol. The van der Waals surface area contributed by atoms with Crippen molar-refractivity contribution in [1.82, 2.24) is 10.9 Å². The summed E-state index contributed by atoms with van der Waals surface area (Å²) in [6.45, 7) is 5.92. The number of thiophene rings is 1. The highest BCUT2D eigenvalue weighted by molar-refractivity contribution is 7.99. The third kappa shape index (κ3) is 7.34. The monoisotopic (exact) mass is 503 g/mol. The van der Waals surface area contributed by atoms with Crippen LogP contribution in [0.1, 0.15) is 40.2 Å². The first-order valence-corrected chi connectivity index (χ1v) is 12.2. The highest BCUT2D eigenvalue weighted by atomic mass is 35.5. The SMILES string of the molecule is CCOC(=O)c1c(NC(=S)NNC(=O)CSCc2ccc(F)cc2Cl)sc(C)c1CC. The van der Waals surface area contributed by atoms with Crippen LogP contribution in [0, 0.1) is 12.7 Å². The summed E-state index contributed by atoms with van der Waals surface area (Å²) in [7, 11) is 0. The van der Waals surface area contributed by atoms with Gasteiger partial charge >= 0.3 is 5.97 Å². The van der Waals surface area contributed by atoms with E-state index in [1.54, 1.807) is 13.0 Å². The molecule has 3 N–H and O–H groups in total. The molecule has 0 radical (unpaired) electrons. The molecule has 0 spiro atoms. The molecule has 0 atom stereocenters. The topological polar surface area (TPSA) is 79.5 Å². The molecule has 0 aliphatic rings. The van der Waals surface area contributed by atoms with E-state index < -0.39 is 11.8 Å². The van der Waals surface area contributed by atoms with E-state index in [0.29, 0.717) is 27.8 Å². The maximum absolute atomic E-state index is 13.1. The fourth-order valence-electron chi connectivity index (χ4n) is 2.70. The lowest BCUT2D eigenvalue weighted by Gasteiger charge is -2.12. The summed E-state index contributed by atoms with van der Waals surface area (Å²) in [5, 5.41) is 4.00. The van der Waals surface area contributed by atoms with E-state index in [4.69, 9.17) is 28.6 Å². The summed E-state index contributed by atoms with van der Waals surface area (Å²) in [4.78, 5) is 25.4. The number of carbonyl (C=O) groups excluding carboxylic acids is 2. The van der Waals surface area contributed by atoms with Gasteiger partial charge in [0.05, 0.1) is 17.9 Å². The number of rotatable bonds is 8. The van der Waals surface area contributed by atoms with Gasteiger partial charge in [0, 0.05) is 15.7 Å². The van der Waals surface area contributed by atoms with Gasteiger partial charge in [-0.3, -0.25) is 15.6 Å². The first kappa shape index (κ1) is 25.4. The first-order valence-electron chi connectivity index (χ1n) is 9.43. The van der Waals surface area contributed by atoms with Crippen LogP contribution in [0.3, 0.4) is 0 Å². The van der Waals surface area contributed by atoms with Gasteiger partial charge in [-0.2, -0.15) is 0 Å². The Morgan fingerprint density at radius 3 is 2.68 bits per heavy atom. The normalized spacial score (nSPS) is 10.5. The lowest BCUT2D eigenvalue weighted by molar-refractivity contribution is -0.119. The molecule has 0 saturated carbocycles. The van der Waals surface area contributed by atoms with E-state index in [1.165, 1.54) is 35.2 Å². The number of carbonyl (C=O) groups is 2. The molecule has 2 rings (SSSR count). The molecule has 0 aliphatic carbocycles. The van der Waals surface area contributed by atoms with Crippen molar-refractivity contribution in [3.8, 4) is 0 Å². The third-order valence-corrected chi connectivity index (χ3v) is 6.69. The largest absolute Gasteiger partial charge is 0.462 e. The Morgan fingerprint density at radius 1 is 1.29 bits per heavy atom. The number of benzene rings is 1. The Morgan fingerprint density at radius 2 is 2.03 bits per heavy atom. The van der Waals surface area contributed by atoms with Gasteiger partial charge in [0.2, 0.25) is 5.91 Å². The summed E-state index contributed by atoms with van der Waals surface area (Å²) >= 11 is 13.9. The standard InChI is InChI=1S/C20H23ClFN3O3S3/c1-4-14-11(3)31-18(17(14)19(27)28-5-2)23-20(29)25-24-16(26)10-30-9-12-6-7-13(22)8-15(12)21/h6-8H,4-5,9-10H2,1-3H3,(H,24,26)(H2,23,25,29). The highest BCUT2D eigenvalue weighted by Gasteiger charge is 2.22. The molecule has 1 aromatic heterocycles. The van der Waals surface area contributed by atoms with E-state index in [-0.39, 0.29) is 23.4 Å². The summed E-state index contributed by atoms with van der Waals surface area (Å²) in [5.74, 6) is -0.495. The number of aryl methyl sites for hydroxylation is 1. The summed E-state index contributed by atoms with van der Waals surface area (Å²) in [6.07, 6.45) is 0.685. The van der Waals surface area contributed by atoms with E-state index in [1.807, 2.05) is 13.8 Å². The van der Waals surface area contributed by atoms with Crippen molar-refractivity contribution in [3.63, 3.8) is 0 Å². The second-order valence-electron chi connectivity index (χ2n) is 6.27. The van der Waals surface area contributed by atoms with Crippen LogP contribution in [0.4, 0.5) is 9.39 Å². The molecule has 0 bridgehead atoms. The summed E-state index contributed by atoms with van der Waals surface area (Å²) < 4.78 is 18.2. The van der Waals surface area contributed by atoms with Gasteiger partial charge in [-0.25, -0.2) is 9.18 Å². The Labute approximate surface area is 199 Å². The fourth-order valence-corrected chi connectivity index (χ4v) is 5.20. The van der Waals surface area contributed by atoms with E-state index in [2.05, 4.69) is 16.2 Å². The third-order valence-electron chi connectivity index (χ3n) is 4.09. The molecule has 0 aliphatic heterocycles. The van der Waals surface area contributed by atoms with Gasteiger partial charge < -0.3 is 10.1 Å². The average molecular weight is 504 g/mol. The quantitative estimate of drug-likeness (QED) is 0.270. The lowest BCUT2D eigenvalue weighted by Crippen LogP contribution is -2.44. The number of ether oxygens (including phenoxy) is 1. The van der Waals surface area contributed by atoms with Crippen molar-refractivity contribution in [2.75, 3.05) is 17.7 Å². The van der Waals surface area contributed by atoms with Crippen LogP contribution in [0.2, 0.25) is 5.02 Å². The van der Waals surface area contributed by atoms with E-state index >= 15 is 0 Å². The zero-order valence-electron chi connectivity index (χ0n) is 17.3. The molecule has 1 aromatic carbocycles. The molecule has 0 saturated heterocycles. The summed E-state index contributed by atoms with van der Waals surface area (Å²) in [6, 6.07) is 4.16. The van der Waals surface area contributed by atoms with Crippen molar-refractivity contribution in [2.24, 2.45) is 0 Å². The Kier molecular flexibility index (Phi) is 10.0. The summed E-state index contributed by atoms with van der Waals surface area (Å²) in [5.41, 5.74) is 7.26. The van der Waals surface area contributed by atoms with Crippen LogP contribution in [-0.2, 0) is 21.7 Å². The van der Waals surface area contributed by atoms with Crippen LogP contribution in [-0.4, -0.2) is 29.3 Å². The average Bonchev–Trinajstić information content (AvgIpc) is 3.03. The zero-order valence-corrected chi connectivity index (χ0v) is 20.5. The number of thioether (sulfide) groups is 1. The minimum atomic E-state index is -0.408. The van der Waals surface area contributed by atoms with E-state index in [9.17, 15) is 14.0 Å². The number of hydrogen-bond acceptors (Lipinski definition) is 6. The van der Waals surface area contributed by atoms with Gasteiger partial charge in [0.25, 0.3) is 0 Å². The van der Waals surface area contributed by atoms with Crippen molar-refractivity contribution in [1.29, 1.82) is 0 Å². The molecule has 1 amide bonds. The Hall–Kier alpha value is -1.88. The van der Waals surface area contributed by atoms with Crippen molar-refractivity contribution in [2.45, 2.75) is 32.9 Å². The number of anilines is 1. The molecule has 0 unspecified atom stereocenters. The van der Waals surface area contributed by atoms with E-state index in [0.717, 1.165) is 16.0 Å². The van der Waals surface area contributed by atoms with Crippen molar-refractivity contribution in [3.05, 3.63) is 50.6 Å².